The second kappa shape index (κ2) is 5.22. The van der Waals surface area contributed by atoms with Crippen LogP contribution in [0.3, 0.4) is 0 Å². The highest BCUT2D eigenvalue weighted by molar-refractivity contribution is 7.10. The average Bonchev–Trinajstić information content (AvgIpc) is 2.89. The van der Waals surface area contributed by atoms with Crippen LogP contribution >= 0.6 is 11.3 Å². The number of nitrogens with two attached hydrogens (primary N) is 1. The van der Waals surface area contributed by atoms with Gasteiger partial charge < -0.3 is 10.6 Å². The van der Waals surface area contributed by atoms with Gasteiger partial charge in [0.05, 0.1) is 6.54 Å². The maximum absolute atomic E-state index is 12.0. The first-order chi connectivity index (χ1) is 8.56. The maximum atomic E-state index is 12.0. The molecule has 2 N–H and O–H groups in total. The van der Waals surface area contributed by atoms with Gasteiger partial charge in [0.25, 0.3) is 0 Å². The Kier molecular flexibility index (Phi) is 3.66. The van der Waals surface area contributed by atoms with Gasteiger partial charge in [0.2, 0.25) is 5.91 Å². The van der Waals surface area contributed by atoms with E-state index in [0.717, 1.165) is 0 Å². The van der Waals surface area contributed by atoms with Gasteiger partial charge in [-0.1, -0.05) is 0 Å². The molecule has 0 unspecified atom stereocenters. The third kappa shape index (κ3) is 2.89. The summed E-state index contributed by atoms with van der Waals surface area (Å²) in [4.78, 5) is 14.9. The Hall–Kier alpha value is -1.82. The number of hydrogen-bond acceptors (Lipinski definition) is 4. The summed E-state index contributed by atoms with van der Waals surface area (Å²) in [6, 6.07) is 3.74. The summed E-state index contributed by atoms with van der Waals surface area (Å²) in [7, 11) is 1.80. The minimum atomic E-state index is 0.0194. The first-order valence-electron chi connectivity index (χ1n) is 5.62. The fourth-order valence-electron chi connectivity index (χ4n) is 1.59. The number of carbonyl (C=O) groups excluding carboxylic acids is 1. The summed E-state index contributed by atoms with van der Waals surface area (Å²) in [5.74, 6) is 0.449. The van der Waals surface area contributed by atoms with Gasteiger partial charge >= 0.3 is 0 Å². The summed E-state index contributed by atoms with van der Waals surface area (Å²) in [5.41, 5.74) is 6.73. The zero-order valence-electron chi connectivity index (χ0n) is 10.5. The topological polar surface area (TPSA) is 64.2 Å². The van der Waals surface area contributed by atoms with Crippen LogP contribution < -0.4 is 5.73 Å². The zero-order chi connectivity index (χ0) is 13.1. The van der Waals surface area contributed by atoms with Gasteiger partial charge in [0.15, 0.2) is 0 Å². The first kappa shape index (κ1) is 12.6. The van der Waals surface area contributed by atoms with E-state index in [9.17, 15) is 4.79 Å². The molecule has 0 aromatic carbocycles. The van der Waals surface area contributed by atoms with E-state index in [4.69, 9.17) is 5.73 Å². The molecule has 0 aliphatic rings. The lowest BCUT2D eigenvalue weighted by atomic mass is 10.3. The number of carbonyl (C=O) groups is 1. The number of likely N-dealkylation sites (N-methyl/N-ethyl adjacent to an activating group) is 1. The Morgan fingerprint density at radius 2 is 2.33 bits per heavy atom. The van der Waals surface area contributed by atoms with Crippen LogP contribution in [-0.4, -0.2) is 27.6 Å². The van der Waals surface area contributed by atoms with Crippen LogP contribution in [0.2, 0.25) is 0 Å². The summed E-state index contributed by atoms with van der Waals surface area (Å²) in [5, 5.41) is 6.04. The van der Waals surface area contributed by atoms with Crippen molar-refractivity contribution in [3.05, 3.63) is 34.2 Å². The molecule has 2 aromatic rings. The van der Waals surface area contributed by atoms with Crippen molar-refractivity contribution >= 4 is 23.1 Å². The van der Waals surface area contributed by atoms with Crippen molar-refractivity contribution in [2.24, 2.45) is 0 Å². The largest absolute Gasteiger partial charge is 0.382 e. The smallest absolute Gasteiger partial charge is 0.244 e. The number of aryl methyl sites for hydroxylation is 1. The Balaban J connectivity index is 1.95. The molecule has 18 heavy (non-hydrogen) atoms. The lowest BCUT2D eigenvalue weighted by Crippen LogP contribution is -2.29. The van der Waals surface area contributed by atoms with E-state index in [0.29, 0.717) is 12.4 Å². The van der Waals surface area contributed by atoms with Crippen molar-refractivity contribution in [2.75, 3.05) is 12.8 Å². The van der Waals surface area contributed by atoms with E-state index in [1.807, 2.05) is 5.38 Å². The van der Waals surface area contributed by atoms with E-state index in [2.05, 4.69) is 18.1 Å². The quantitative estimate of drug-likeness (QED) is 0.910. The monoisotopic (exact) mass is 264 g/mol. The van der Waals surface area contributed by atoms with Crippen LogP contribution in [0, 0.1) is 6.92 Å². The molecule has 1 amide bonds. The zero-order valence-corrected chi connectivity index (χ0v) is 11.3. The fraction of sp³-hybridized carbons (Fsp3) is 0.333. The highest BCUT2D eigenvalue weighted by atomic mass is 32.1. The normalized spacial score (nSPS) is 10.6. The van der Waals surface area contributed by atoms with Crippen LogP contribution in [0.15, 0.2) is 23.7 Å². The molecule has 0 bridgehead atoms. The summed E-state index contributed by atoms with van der Waals surface area (Å²) >= 11 is 1.67. The van der Waals surface area contributed by atoms with Gasteiger partial charge in [-0.25, -0.2) is 0 Å². The maximum Gasteiger partial charge on any atom is 0.244 e. The van der Waals surface area contributed by atoms with Crippen LogP contribution in [-0.2, 0) is 17.9 Å². The fourth-order valence-corrected chi connectivity index (χ4v) is 2.55. The molecule has 0 saturated heterocycles. The highest BCUT2D eigenvalue weighted by Crippen LogP contribution is 2.17. The Labute approximate surface area is 110 Å². The standard InChI is InChI=1S/C12H16N4OS/c1-9-4-6-18-10(9)7-15(2)12(17)8-16-5-3-11(13)14-16/h3-6H,7-8H2,1-2H3,(H2,13,14). The first-order valence-corrected chi connectivity index (χ1v) is 6.50. The molecular weight excluding hydrogens is 248 g/mol. The van der Waals surface area contributed by atoms with Crippen molar-refractivity contribution in [1.82, 2.24) is 14.7 Å². The number of thiophene rings is 1. The number of amides is 1. The third-order valence-corrected chi connectivity index (χ3v) is 3.74. The molecule has 0 saturated carbocycles. The Bertz CT molecular complexity index is 546. The average molecular weight is 264 g/mol. The van der Waals surface area contributed by atoms with Crippen LogP contribution in [0.1, 0.15) is 10.4 Å². The molecule has 0 spiro atoms. The number of hydrogen-bond donors (Lipinski definition) is 1. The molecule has 2 rings (SSSR count). The number of nitrogens with zero attached hydrogens (tertiary/aromatic N) is 3. The van der Waals surface area contributed by atoms with Crippen LogP contribution in [0.5, 0.6) is 0 Å². The van der Waals surface area contributed by atoms with Gasteiger partial charge in [-0.2, -0.15) is 5.10 Å². The van der Waals surface area contributed by atoms with Crippen LogP contribution in [0.25, 0.3) is 0 Å². The number of anilines is 1. The molecule has 2 heterocycles. The van der Waals surface area contributed by atoms with Gasteiger partial charge in [0, 0.05) is 18.1 Å². The molecule has 0 fully saturated rings. The minimum absolute atomic E-state index is 0.0194. The lowest BCUT2D eigenvalue weighted by molar-refractivity contribution is -0.131. The van der Waals surface area contributed by atoms with Crippen molar-refractivity contribution in [2.45, 2.75) is 20.0 Å². The highest BCUT2D eigenvalue weighted by Gasteiger charge is 2.12. The van der Waals surface area contributed by atoms with E-state index in [1.54, 1.807) is 40.2 Å². The molecule has 6 heteroatoms. The second-order valence-electron chi connectivity index (χ2n) is 4.21. The SMILES string of the molecule is Cc1ccsc1CN(C)C(=O)Cn1ccc(N)n1. The van der Waals surface area contributed by atoms with Gasteiger partial charge in [-0.05, 0) is 30.0 Å². The summed E-state index contributed by atoms with van der Waals surface area (Å²) < 4.78 is 1.55. The minimum Gasteiger partial charge on any atom is -0.382 e. The summed E-state index contributed by atoms with van der Waals surface area (Å²) in [6.07, 6.45) is 1.71. The second-order valence-corrected chi connectivity index (χ2v) is 5.22. The van der Waals surface area contributed by atoms with Crippen molar-refractivity contribution in [1.29, 1.82) is 0 Å². The molecule has 0 aliphatic carbocycles. The third-order valence-electron chi connectivity index (χ3n) is 2.73. The van der Waals surface area contributed by atoms with Gasteiger partial charge in [0.1, 0.15) is 12.4 Å². The van der Waals surface area contributed by atoms with Gasteiger partial charge in [-0.3, -0.25) is 9.48 Å². The molecular formula is C12H16N4OS. The van der Waals surface area contributed by atoms with E-state index < -0.39 is 0 Å². The number of nitrogen functional groups attached to an aromatic ring is 1. The van der Waals surface area contributed by atoms with Crippen molar-refractivity contribution in [3.8, 4) is 0 Å². The summed E-state index contributed by atoms with van der Waals surface area (Å²) in [6.45, 7) is 2.91. The molecule has 0 atom stereocenters. The Morgan fingerprint density at radius 3 is 2.89 bits per heavy atom. The van der Waals surface area contributed by atoms with Crippen molar-refractivity contribution < 1.29 is 4.79 Å². The predicted octanol–water partition coefficient (Wildman–Crippen LogP) is 1.49. The molecule has 96 valence electrons. The number of aromatic nitrogens is 2. The lowest BCUT2D eigenvalue weighted by Gasteiger charge is -2.16. The van der Waals surface area contributed by atoms with E-state index in [-0.39, 0.29) is 12.5 Å². The molecule has 0 radical (unpaired) electrons. The molecule has 2 aromatic heterocycles. The predicted molar refractivity (Wildman–Crippen MR) is 72.2 cm³/mol. The Morgan fingerprint density at radius 1 is 1.56 bits per heavy atom. The van der Waals surface area contributed by atoms with Gasteiger partial charge in [-0.15, -0.1) is 11.3 Å². The van der Waals surface area contributed by atoms with Crippen LogP contribution in [0.4, 0.5) is 5.82 Å². The van der Waals surface area contributed by atoms with Crippen molar-refractivity contribution in [3.63, 3.8) is 0 Å². The van der Waals surface area contributed by atoms with E-state index in [1.165, 1.54) is 10.4 Å². The molecule has 5 nitrogen and oxygen atoms in total. The number of rotatable bonds is 4. The molecule has 0 aliphatic heterocycles. The van der Waals surface area contributed by atoms with E-state index >= 15 is 0 Å².